The summed E-state index contributed by atoms with van der Waals surface area (Å²) >= 11 is 6.03. The van der Waals surface area contributed by atoms with Crippen LogP contribution < -0.4 is 0 Å². The van der Waals surface area contributed by atoms with Crippen LogP contribution in [0.5, 0.6) is 0 Å². The number of carbonyl (C=O) groups is 1. The molecule has 184 valence electrons. The average molecular weight is 474 g/mol. The molecule has 1 aromatic rings. The van der Waals surface area contributed by atoms with E-state index in [9.17, 15) is 4.79 Å². The van der Waals surface area contributed by atoms with Crippen molar-refractivity contribution in [3.05, 3.63) is 69.5 Å². The lowest BCUT2D eigenvalue weighted by Crippen LogP contribution is -2.23. The van der Waals surface area contributed by atoms with Crippen molar-refractivity contribution in [2.45, 2.75) is 68.7 Å². The highest BCUT2D eigenvalue weighted by Gasteiger charge is 2.29. The maximum atomic E-state index is 9.44. The van der Waals surface area contributed by atoms with Crippen LogP contribution in [-0.2, 0) is 4.79 Å². The van der Waals surface area contributed by atoms with Crippen LogP contribution in [0.3, 0.4) is 0 Å². The molecule has 0 radical (unpaired) electrons. The number of nitrogens with zero attached hydrogens (tertiary/aromatic N) is 3. The predicted octanol–water partition coefficient (Wildman–Crippen LogP) is 7.94. The second-order valence-corrected chi connectivity index (χ2v) is 7.69. The second-order valence-electron chi connectivity index (χ2n) is 7.25. The third-order valence-electron chi connectivity index (χ3n) is 4.47. The lowest BCUT2D eigenvalue weighted by Gasteiger charge is -2.25. The molecule has 33 heavy (non-hydrogen) atoms. The number of Topliss-reactive ketones (excluding diaryl/α,β-unsaturated/α-hetero) is 1. The third-order valence-corrected chi connectivity index (χ3v) is 4.72. The van der Waals surface area contributed by atoms with Crippen LogP contribution in [0.25, 0.3) is 0 Å². The van der Waals surface area contributed by atoms with Crippen LogP contribution in [0.1, 0.15) is 74.3 Å². The van der Waals surface area contributed by atoms with E-state index in [-0.39, 0.29) is 5.78 Å². The van der Waals surface area contributed by atoms with E-state index in [4.69, 9.17) is 16.6 Å². The van der Waals surface area contributed by atoms with Crippen molar-refractivity contribution in [2.75, 3.05) is 20.1 Å². The average Bonchev–Trinajstić information content (AvgIpc) is 2.94. The highest BCUT2D eigenvalue weighted by molar-refractivity contribution is 6.30. The largest absolute Gasteiger partial charge is 0.347 e. The summed E-state index contributed by atoms with van der Waals surface area (Å²) in [6.45, 7) is 26.5. The number of hydrogen-bond acceptors (Lipinski definition) is 4. The number of halogens is 1. The Morgan fingerprint density at radius 1 is 1.06 bits per heavy atom. The van der Waals surface area contributed by atoms with E-state index in [0.717, 1.165) is 41.5 Å². The van der Waals surface area contributed by atoms with Crippen molar-refractivity contribution in [1.82, 2.24) is 4.90 Å². The molecule has 0 atom stereocenters. The van der Waals surface area contributed by atoms with Crippen molar-refractivity contribution in [3.8, 4) is 0 Å². The van der Waals surface area contributed by atoms with E-state index < -0.39 is 0 Å². The van der Waals surface area contributed by atoms with E-state index in [1.807, 2.05) is 39.8 Å². The molecular weight excluding hydrogens is 430 g/mol. The van der Waals surface area contributed by atoms with Crippen molar-refractivity contribution in [3.63, 3.8) is 0 Å². The van der Waals surface area contributed by atoms with Gasteiger partial charge in [0.1, 0.15) is 5.78 Å². The predicted molar refractivity (Wildman–Crippen MR) is 149 cm³/mol. The molecule has 1 aliphatic heterocycles. The van der Waals surface area contributed by atoms with Gasteiger partial charge in [0, 0.05) is 47.6 Å². The van der Waals surface area contributed by atoms with Gasteiger partial charge in [-0.1, -0.05) is 63.6 Å². The molecule has 0 spiro atoms. The Labute approximate surface area is 207 Å². The fourth-order valence-corrected chi connectivity index (χ4v) is 3.31. The number of benzene rings is 1. The molecule has 0 N–H and O–H groups in total. The van der Waals surface area contributed by atoms with Gasteiger partial charge in [0.05, 0.1) is 12.3 Å². The summed E-state index contributed by atoms with van der Waals surface area (Å²) in [6, 6.07) is 7.98. The topological polar surface area (TPSA) is 45.0 Å². The first-order valence-corrected chi connectivity index (χ1v) is 12.0. The van der Waals surface area contributed by atoms with Gasteiger partial charge in [0.15, 0.2) is 0 Å². The molecule has 0 amide bonds. The van der Waals surface area contributed by atoms with Crippen molar-refractivity contribution < 1.29 is 4.79 Å². The van der Waals surface area contributed by atoms with E-state index in [1.54, 1.807) is 7.05 Å². The van der Waals surface area contributed by atoms with E-state index in [1.165, 1.54) is 36.3 Å². The lowest BCUT2D eigenvalue weighted by molar-refractivity contribution is -0.114. The van der Waals surface area contributed by atoms with Crippen molar-refractivity contribution in [2.24, 2.45) is 9.98 Å². The highest BCUT2D eigenvalue weighted by atomic mass is 35.5. The summed E-state index contributed by atoms with van der Waals surface area (Å²) in [6.07, 6.45) is 0.987. The first-order valence-electron chi connectivity index (χ1n) is 11.6. The molecule has 2 aliphatic rings. The van der Waals surface area contributed by atoms with E-state index in [2.05, 4.69) is 56.1 Å². The number of rotatable bonds is 2. The van der Waals surface area contributed by atoms with Crippen molar-refractivity contribution in [1.29, 1.82) is 0 Å². The minimum atomic E-state index is 0.167. The first kappa shape index (κ1) is 32.7. The number of aliphatic imine (C=N–C) groups is 2. The quantitative estimate of drug-likeness (QED) is 0.409. The van der Waals surface area contributed by atoms with Crippen LogP contribution in [0.15, 0.2) is 68.9 Å². The lowest BCUT2D eigenvalue weighted by atomic mass is 9.97. The Balaban J connectivity index is 0. The fourth-order valence-electron chi connectivity index (χ4n) is 3.19. The van der Waals surface area contributed by atoms with Gasteiger partial charge < -0.3 is 14.7 Å². The van der Waals surface area contributed by atoms with Gasteiger partial charge in [-0.2, -0.15) is 0 Å². The fraction of sp³-hybridized carbons (Fsp3) is 0.464. The zero-order valence-corrected chi connectivity index (χ0v) is 23.2. The molecule has 0 bridgehead atoms. The first-order chi connectivity index (χ1) is 15.6. The Bertz CT molecular complexity index is 858. The molecule has 1 aliphatic carbocycles. The monoisotopic (exact) mass is 473 g/mol. The number of ketones is 1. The summed E-state index contributed by atoms with van der Waals surface area (Å²) in [5, 5.41) is 0.755. The molecule has 0 aromatic heterocycles. The molecule has 4 nitrogen and oxygen atoms in total. The van der Waals surface area contributed by atoms with E-state index >= 15 is 0 Å². The normalized spacial score (nSPS) is 13.8. The summed E-state index contributed by atoms with van der Waals surface area (Å²) in [5.41, 5.74) is 8.69. The molecule has 5 heteroatoms. The Morgan fingerprint density at radius 2 is 1.52 bits per heavy atom. The standard InChI is InChI=1S/C19H21ClN2.C3H6O.C2H5N.2C2H6/c1-12(2)22-10-9-21-19(15-5-7-16(20)8-6-15)18-14(4)13(3)11-17(18)22;1-3(2)4;1-3-2;2*1-2/h5-8H,1,9-11H2,2-4H3;1-2H3;1H2,2H3;2*1-2H3. The molecule has 3 rings (SSSR count). The van der Waals surface area contributed by atoms with Crippen LogP contribution in [0.4, 0.5) is 0 Å². The van der Waals surface area contributed by atoms with Gasteiger partial charge in [-0.25, -0.2) is 0 Å². The molecule has 0 fully saturated rings. The maximum absolute atomic E-state index is 9.44. The molecule has 1 heterocycles. The molecule has 1 aromatic carbocycles. The molecule has 0 unspecified atom stereocenters. The smallest absolute Gasteiger partial charge is 0.126 e. The SMILES string of the molecule is C=C(C)N1CCN=C(c2ccc(Cl)cc2)C2=C1CC(C)=C2C.C=NC.CC.CC.CC(C)=O. The number of hydrogen-bond donors (Lipinski definition) is 0. The summed E-state index contributed by atoms with van der Waals surface area (Å²) in [4.78, 5) is 19.9. The number of carbonyl (C=O) groups excluding carboxylic acids is 1. The zero-order valence-electron chi connectivity index (χ0n) is 22.5. The molecule has 0 saturated carbocycles. The van der Waals surface area contributed by atoms with Gasteiger partial charge in [0.2, 0.25) is 0 Å². The summed E-state index contributed by atoms with van der Waals surface area (Å²) in [5.74, 6) is 0.167. The van der Waals surface area contributed by atoms with Gasteiger partial charge in [0.25, 0.3) is 0 Å². The molecular formula is C28H44ClN3O. The van der Waals surface area contributed by atoms with Gasteiger partial charge >= 0.3 is 0 Å². The van der Waals surface area contributed by atoms with E-state index in [0.29, 0.717) is 0 Å². The molecule has 0 saturated heterocycles. The van der Waals surface area contributed by atoms with Crippen LogP contribution in [0.2, 0.25) is 5.02 Å². The second kappa shape index (κ2) is 18.0. The Morgan fingerprint density at radius 3 is 1.94 bits per heavy atom. The van der Waals surface area contributed by atoms with Gasteiger partial charge in [-0.3, -0.25) is 4.99 Å². The Kier molecular flexibility index (Phi) is 17.9. The minimum Gasteiger partial charge on any atom is -0.347 e. The van der Waals surface area contributed by atoms with Crippen LogP contribution >= 0.6 is 11.6 Å². The highest BCUT2D eigenvalue weighted by Crippen LogP contribution is 2.38. The van der Waals surface area contributed by atoms with Crippen LogP contribution in [-0.4, -0.2) is 43.2 Å². The van der Waals surface area contributed by atoms with Crippen LogP contribution in [0, 0.1) is 0 Å². The zero-order chi connectivity index (χ0) is 26.1. The maximum Gasteiger partial charge on any atom is 0.126 e. The van der Waals surface area contributed by atoms with Gasteiger partial charge in [-0.05, 0) is 59.0 Å². The Hall–Kier alpha value is -2.46. The minimum absolute atomic E-state index is 0.167. The summed E-state index contributed by atoms with van der Waals surface area (Å²) < 4.78 is 0. The van der Waals surface area contributed by atoms with Gasteiger partial charge in [-0.15, -0.1) is 0 Å². The third kappa shape index (κ3) is 10.8. The summed E-state index contributed by atoms with van der Waals surface area (Å²) in [7, 11) is 1.64. The van der Waals surface area contributed by atoms with Crippen molar-refractivity contribution >= 4 is 29.8 Å². The number of allylic oxidation sites excluding steroid dienone is 4.